The minimum Gasteiger partial charge on any atom is -0.333 e. The van der Waals surface area contributed by atoms with Crippen molar-refractivity contribution in [2.45, 2.75) is 118 Å². The Labute approximate surface area is 429 Å². The molecule has 10 rings (SSSR count). The first-order valence-corrected chi connectivity index (χ1v) is 28.4. The summed E-state index contributed by atoms with van der Waals surface area (Å²) in [6.07, 6.45) is 3.39. The van der Waals surface area contributed by atoms with Gasteiger partial charge < -0.3 is 9.55 Å². The molecular weight excluding hydrogens is 1040 g/mol. The molecule has 0 atom stereocenters. The predicted octanol–water partition coefficient (Wildman–Crippen LogP) is 17.8. The molecule has 0 bridgehead atoms. The van der Waals surface area contributed by atoms with E-state index < -0.39 is 20.8 Å². The Morgan fingerprint density at radius 2 is 1.41 bits per heavy atom. The topological polar surface area (TPSA) is 30.7 Å². The molecule has 0 saturated carbocycles. The zero-order valence-corrected chi connectivity index (χ0v) is 45.6. The van der Waals surface area contributed by atoms with E-state index in [0.29, 0.717) is 23.3 Å². The van der Waals surface area contributed by atoms with E-state index in [4.69, 9.17) is 9.10 Å². The van der Waals surface area contributed by atoms with Crippen molar-refractivity contribution >= 4 is 77.3 Å². The zero-order valence-electron chi connectivity index (χ0n) is 45.4. The van der Waals surface area contributed by atoms with Gasteiger partial charge in [-0.1, -0.05) is 184 Å². The maximum Gasteiger partial charge on any atom is 0.0795 e. The van der Waals surface area contributed by atoms with Crippen molar-refractivity contribution in [1.29, 1.82) is 0 Å². The molecule has 10 aromatic rings. The standard InChI is InChI=1S/C47H47N2S.C15H18NSi.Ir/c1-9-30(10-2)35-21-22-36(46-44(35)40-23-32-20-19-31-15-11-12-16-34(31)39(32)26-43(40)50-46)47-48-41-17-13-14-18-42(41)49(47)45-37(28(5)6)24-33(27(3)4)25-38(45)29(7)8;1-12-5-7-13(8-6-12)15-10-9-14(11-16-15)17(2,3)4;/h11-21,23-30H,9-10H2,1-8H3;5-7,9-11H,1-4H3;/q2*-1;/i30D;1D3;. The number of rotatable bonds is 10. The van der Waals surface area contributed by atoms with Crippen LogP contribution >= 0.6 is 11.3 Å². The molecular formula is C62H65IrN3SSi-2. The Bertz CT molecular complexity index is 3500. The second-order valence-electron chi connectivity index (χ2n) is 20.0. The van der Waals surface area contributed by atoms with Crippen molar-refractivity contribution < 1.29 is 25.6 Å². The van der Waals surface area contributed by atoms with Crippen molar-refractivity contribution in [3.8, 4) is 28.3 Å². The Balaban J connectivity index is 0.000000278. The summed E-state index contributed by atoms with van der Waals surface area (Å²) >= 11 is 1.83. The van der Waals surface area contributed by atoms with Crippen LogP contribution in [0.5, 0.6) is 0 Å². The minimum absolute atomic E-state index is 0. The number of thiophene rings is 1. The van der Waals surface area contributed by atoms with Gasteiger partial charge in [0.15, 0.2) is 0 Å². The molecule has 68 heavy (non-hydrogen) atoms. The molecule has 0 unspecified atom stereocenters. The third-order valence-corrected chi connectivity index (χ3v) is 16.7. The van der Waals surface area contributed by atoms with E-state index in [1.54, 1.807) is 12.1 Å². The van der Waals surface area contributed by atoms with Gasteiger partial charge in [0.1, 0.15) is 0 Å². The van der Waals surface area contributed by atoms with Crippen LogP contribution in [-0.4, -0.2) is 22.6 Å². The van der Waals surface area contributed by atoms with Gasteiger partial charge in [0, 0.05) is 42.2 Å². The number of benzene rings is 7. The molecule has 0 saturated heterocycles. The summed E-state index contributed by atoms with van der Waals surface area (Å²) in [6.45, 7) is 22.9. The van der Waals surface area contributed by atoms with Gasteiger partial charge in [-0.3, -0.25) is 4.98 Å². The zero-order chi connectivity index (χ0) is 50.7. The Kier molecular flexibility index (Phi) is 12.9. The van der Waals surface area contributed by atoms with Crippen molar-refractivity contribution in [3.05, 3.63) is 167 Å². The van der Waals surface area contributed by atoms with Crippen LogP contribution in [0.4, 0.5) is 0 Å². The molecule has 0 fully saturated rings. The second kappa shape index (κ2) is 20.0. The van der Waals surface area contributed by atoms with Gasteiger partial charge in [-0.2, -0.15) is 11.3 Å². The van der Waals surface area contributed by atoms with Crippen molar-refractivity contribution in [3.63, 3.8) is 0 Å². The number of hydrogen-bond donors (Lipinski definition) is 0. The molecule has 0 N–H and O–H groups in total. The van der Waals surface area contributed by atoms with Gasteiger partial charge in [-0.15, -0.1) is 53.1 Å². The van der Waals surface area contributed by atoms with Gasteiger partial charge >= 0.3 is 0 Å². The number of hydrogen-bond acceptors (Lipinski definition) is 3. The van der Waals surface area contributed by atoms with Gasteiger partial charge in [0.25, 0.3) is 0 Å². The first-order valence-electron chi connectivity index (χ1n) is 26.1. The fraction of sp³-hybridized carbons (Fsp3) is 0.290. The molecule has 3 nitrogen and oxygen atoms in total. The van der Waals surface area contributed by atoms with E-state index in [9.17, 15) is 1.37 Å². The first-order chi connectivity index (χ1) is 33.7. The quantitative estimate of drug-likeness (QED) is 0.0776. The summed E-state index contributed by atoms with van der Waals surface area (Å²) in [4.78, 5) is 9.93. The maximum absolute atomic E-state index is 9.73. The summed E-state index contributed by atoms with van der Waals surface area (Å²) in [5, 5.41) is 8.72. The van der Waals surface area contributed by atoms with Gasteiger partial charge in [-0.25, -0.2) is 0 Å². The third-order valence-electron chi connectivity index (χ3n) is 13.5. The van der Waals surface area contributed by atoms with E-state index in [1.165, 1.54) is 70.6 Å². The Morgan fingerprint density at radius 3 is 2.04 bits per heavy atom. The number of imidazole rings is 1. The largest absolute Gasteiger partial charge is 0.333 e. The van der Waals surface area contributed by atoms with E-state index in [1.807, 2.05) is 23.6 Å². The van der Waals surface area contributed by atoms with Crippen molar-refractivity contribution in [2.75, 3.05) is 0 Å². The molecule has 6 heteroatoms. The molecule has 0 spiro atoms. The molecule has 3 heterocycles. The van der Waals surface area contributed by atoms with E-state index in [0.717, 1.165) is 56.8 Å². The number of pyridine rings is 1. The van der Waals surface area contributed by atoms with E-state index >= 15 is 0 Å². The SMILES string of the molecule is [2H]C(CC)(CC)c1c[c-]c(-c2nc3ccccc3n2-c2c(C(C)C)cc(C(C)C)cc2C(C)C)c2sc3cc4c(ccc5ccccc54)cc3c12.[2H]C([2H])([2H])c1c[c-]c(-c2ccc([Si](C)(C)C)cn2)cc1.[Ir]. The summed E-state index contributed by atoms with van der Waals surface area (Å²) in [5.74, 6) is 1.27. The summed E-state index contributed by atoms with van der Waals surface area (Å²) < 4.78 is 36.6. The number of nitrogens with zero attached hydrogens (tertiary/aromatic N) is 3. The second-order valence-corrected chi connectivity index (χ2v) is 26.1. The Hall–Kier alpha value is -5.23. The fourth-order valence-corrected chi connectivity index (χ4v) is 11.9. The first kappa shape index (κ1) is 44.0. The van der Waals surface area contributed by atoms with Crippen molar-refractivity contribution in [1.82, 2.24) is 14.5 Å². The summed E-state index contributed by atoms with van der Waals surface area (Å²) in [6, 6.07) is 49.3. The number of aromatic nitrogens is 3. The third kappa shape index (κ3) is 9.30. The molecule has 7 aromatic carbocycles. The molecule has 349 valence electrons. The van der Waals surface area contributed by atoms with Crippen LogP contribution < -0.4 is 5.19 Å². The predicted molar refractivity (Wildman–Crippen MR) is 295 cm³/mol. The summed E-state index contributed by atoms with van der Waals surface area (Å²) in [5.41, 5.74) is 11.4. The average Bonchev–Trinajstić information content (AvgIpc) is 3.93. The molecule has 3 aromatic heterocycles. The van der Waals surface area contributed by atoms with Crippen LogP contribution in [0.15, 0.2) is 128 Å². The van der Waals surface area contributed by atoms with Crippen LogP contribution in [0.2, 0.25) is 19.6 Å². The Morgan fingerprint density at radius 1 is 0.706 bits per heavy atom. The summed E-state index contributed by atoms with van der Waals surface area (Å²) in [7, 11) is -1.34. The minimum atomic E-state index is -2.08. The van der Waals surface area contributed by atoms with Crippen LogP contribution in [0.25, 0.3) is 81.1 Å². The molecule has 0 amide bonds. The normalized spacial score (nSPS) is 13.3. The molecule has 1 radical (unpaired) electrons. The molecule has 0 aliphatic carbocycles. The molecule has 0 aliphatic heterocycles. The smallest absolute Gasteiger partial charge is 0.0795 e. The van der Waals surface area contributed by atoms with Crippen LogP contribution in [-0.2, 0) is 20.1 Å². The van der Waals surface area contributed by atoms with Crippen LogP contribution in [0, 0.1) is 19.0 Å². The number of aryl methyl sites for hydroxylation is 1. The van der Waals surface area contributed by atoms with Crippen LogP contribution in [0.1, 0.15) is 125 Å². The number of fused-ring (bicyclic) bond motifs is 7. The molecule has 0 aliphatic rings. The van der Waals surface area contributed by atoms with E-state index in [-0.39, 0.29) is 20.1 Å². The van der Waals surface area contributed by atoms with Gasteiger partial charge in [-0.05, 0) is 101 Å². The maximum atomic E-state index is 9.73. The number of para-hydroxylation sites is 2. The fourth-order valence-electron chi connectivity index (χ4n) is 9.58. The van der Waals surface area contributed by atoms with Gasteiger partial charge in [0.05, 0.1) is 24.9 Å². The average molecular weight is 1110 g/mol. The van der Waals surface area contributed by atoms with Crippen molar-refractivity contribution in [2.24, 2.45) is 0 Å². The monoisotopic (exact) mass is 1110 g/mol. The van der Waals surface area contributed by atoms with Crippen LogP contribution in [0.3, 0.4) is 0 Å². The van der Waals surface area contributed by atoms with Gasteiger partial charge in [0.2, 0.25) is 0 Å². The van der Waals surface area contributed by atoms with E-state index in [2.05, 4.69) is 194 Å².